The third-order valence-corrected chi connectivity index (χ3v) is 5.60. The zero-order valence-electron chi connectivity index (χ0n) is 17.1. The summed E-state index contributed by atoms with van der Waals surface area (Å²) < 4.78 is 57.5. The maximum absolute atomic E-state index is 13.1. The summed E-state index contributed by atoms with van der Waals surface area (Å²) in [7, 11) is 0. The number of hydrogen-bond donors (Lipinski definition) is 1. The molecule has 11 heteroatoms. The van der Waals surface area contributed by atoms with E-state index in [0.717, 1.165) is 0 Å². The van der Waals surface area contributed by atoms with Crippen LogP contribution >= 0.6 is 35.1 Å². The lowest BCUT2D eigenvalue weighted by Gasteiger charge is -2.11. The van der Waals surface area contributed by atoms with Gasteiger partial charge in [0.25, 0.3) is 0 Å². The lowest BCUT2D eigenvalue weighted by Crippen LogP contribution is -2.22. The van der Waals surface area contributed by atoms with Crippen molar-refractivity contribution in [3.63, 3.8) is 0 Å². The van der Waals surface area contributed by atoms with Crippen LogP contribution < -0.4 is 9.46 Å². The van der Waals surface area contributed by atoms with Gasteiger partial charge in [0.1, 0.15) is 23.1 Å². The van der Waals surface area contributed by atoms with E-state index < -0.39 is 23.7 Å². The van der Waals surface area contributed by atoms with E-state index in [0.29, 0.717) is 5.56 Å². The molecule has 0 atom stereocenters. The monoisotopic (exact) mass is 531 g/mol. The molecule has 1 amide bonds. The molecule has 0 aliphatic carbocycles. The molecule has 0 aliphatic heterocycles. The summed E-state index contributed by atoms with van der Waals surface area (Å²) in [4.78, 5) is 24.5. The number of carbonyl (C=O) groups is 2. The van der Waals surface area contributed by atoms with Crippen LogP contribution in [-0.4, -0.2) is 23.6 Å². The molecule has 34 heavy (non-hydrogen) atoms. The van der Waals surface area contributed by atoms with Gasteiger partial charge in [-0.3, -0.25) is 14.3 Å². The summed E-state index contributed by atoms with van der Waals surface area (Å²) in [5.74, 6) is -2.22. The molecule has 3 rings (SSSR count). The molecule has 178 valence electrons. The number of nitrogens with one attached hydrogen (secondary N) is 1. The van der Waals surface area contributed by atoms with Crippen molar-refractivity contribution in [2.75, 3.05) is 5.75 Å². The molecule has 0 aliphatic rings. The molecule has 0 saturated carbocycles. The molecule has 3 aromatic carbocycles. The van der Waals surface area contributed by atoms with Crippen molar-refractivity contribution in [3.05, 3.63) is 93.2 Å². The number of alkyl halides is 3. The molecule has 0 aromatic heterocycles. The molecule has 3 aromatic rings. The molecule has 0 spiro atoms. The van der Waals surface area contributed by atoms with Gasteiger partial charge in [0.15, 0.2) is 5.78 Å². The summed E-state index contributed by atoms with van der Waals surface area (Å²) >= 11 is 12.6. The van der Waals surface area contributed by atoms with E-state index in [2.05, 4.69) is 4.72 Å². The van der Waals surface area contributed by atoms with Gasteiger partial charge in [-0.15, -0.1) is 0 Å². The highest BCUT2D eigenvalue weighted by Gasteiger charge is 2.27. The minimum absolute atomic E-state index is 0.121. The minimum atomic E-state index is -4.40. The second-order valence-electron chi connectivity index (χ2n) is 6.98. The maximum atomic E-state index is 13.1. The fourth-order valence-corrected chi connectivity index (χ4v) is 3.76. The number of carbonyl (C=O) groups excluding carboxylic acids is 2. The van der Waals surface area contributed by atoms with E-state index in [1.165, 1.54) is 60.7 Å². The van der Waals surface area contributed by atoms with Crippen LogP contribution in [0.25, 0.3) is 0 Å². The number of benzene rings is 3. The first-order valence-corrected chi connectivity index (χ1v) is 11.3. The lowest BCUT2D eigenvalue weighted by molar-refractivity contribution is -0.118. The summed E-state index contributed by atoms with van der Waals surface area (Å²) in [6, 6.07) is 13.9. The molecule has 0 radical (unpaired) electrons. The Kier molecular flexibility index (Phi) is 8.46. The predicted octanol–water partition coefficient (Wildman–Crippen LogP) is 7.03. The number of ether oxygens (including phenoxy) is 1. The first kappa shape index (κ1) is 25.9. The van der Waals surface area contributed by atoms with E-state index in [1.54, 1.807) is 0 Å². The van der Waals surface area contributed by atoms with Gasteiger partial charge in [0.2, 0.25) is 5.91 Å². The van der Waals surface area contributed by atoms with Crippen molar-refractivity contribution in [1.82, 2.24) is 4.72 Å². The van der Waals surface area contributed by atoms with Gasteiger partial charge in [-0.25, -0.2) is 4.39 Å². The quantitative estimate of drug-likeness (QED) is 0.192. The summed E-state index contributed by atoms with van der Waals surface area (Å²) in [5, 5.41) is 0.359. The van der Waals surface area contributed by atoms with Crippen molar-refractivity contribution in [1.29, 1.82) is 0 Å². The van der Waals surface area contributed by atoms with Crippen LogP contribution in [0.2, 0.25) is 10.0 Å². The Labute approximate surface area is 206 Å². The average molecular weight is 532 g/mol. The van der Waals surface area contributed by atoms with E-state index in [4.69, 9.17) is 27.9 Å². The molecule has 0 unspecified atom stereocenters. The largest absolute Gasteiger partial charge is 0.456 e. The molecular formula is C23H15Cl2F4NO3S. The van der Waals surface area contributed by atoms with Crippen LogP contribution in [0.1, 0.15) is 21.5 Å². The fraction of sp³-hybridized carbons (Fsp3) is 0.130. The van der Waals surface area contributed by atoms with Gasteiger partial charge in [-0.05, 0) is 78.2 Å². The van der Waals surface area contributed by atoms with Gasteiger partial charge in [-0.2, -0.15) is 13.2 Å². The van der Waals surface area contributed by atoms with E-state index in [1.807, 2.05) is 0 Å². The summed E-state index contributed by atoms with van der Waals surface area (Å²) in [5.41, 5.74) is 0.966. The van der Waals surface area contributed by atoms with Crippen LogP contribution in [0.15, 0.2) is 60.7 Å². The highest BCUT2D eigenvalue weighted by atomic mass is 35.5. The second kappa shape index (κ2) is 11.1. The van der Waals surface area contributed by atoms with Gasteiger partial charge < -0.3 is 4.74 Å². The van der Waals surface area contributed by atoms with Crippen LogP contribution in [0, 0.1) is 5.82 Å². The zero-order valence-corrected chi connectivity index (χ0v) is 19.4. The number of ketones is 1. The summed E-state index contributed by atoms with van der Waals surface area (Å²) in [6.45, 7) is 0. The van der Waals surface area contributed by atoms with Crippen LogP contribution in [0.3, 0.4) is 0 Å². The SMILES string of the molecule is O=C(Cc1cc(Cl)cc(Oc2ccc(C(=O)c3ccc(F)cc3)cc2Cl)c1)NSCC(F)(F)F. The lowest BCUT2D eigenvalue weighted by atomic mass is 10.0. The third-order valence-electron chi connectivity index (χ3n) is 4.25. The Morgan fingerprint density at radius 2 is 1.62 bits per heavy atom. The molecule has 0 fully saturated rings. The van der Waals surface area contributed by atoms with Crippen LogP contribution in [-0.2, 0) is 11.2 Å². The topological polar surface area (TPSA) is 55.4 Å². The van der Waals surface area contributed by atoms with E-state index in [9.17, 15) is 27.2 Å². The molecule has 4 nitrogen and oxygen atoms in total. The first-order valence-electron chi connectivity index (χ1n) is 9.55. The number of hydrogen-bond acceptors (Lipinski definition) is 4. The number of amides is 1. The van der Waals surface area contributed by atoms with Gasteiger partial charge in [-0.1, -0.05) is 23.2 Å². The van der Waals surface area contributed by atoms with E-state index in [-0.39, 0.29) is 56.8 Å². The standard InChI is InChI=1S/C23H15Cl2F4NO3S/c24-16-7-13(9-21(31)30-34-12-23(27,28)29)8-18(11-16)33-20-6-3-15(10-19(20)25)22(32)14-1-4-17(26)5-2-14/h1-8,10-11H,9,12H2,(H,30,31). The van der Waals surface area contributed by atoms with Crippen molar-refractivity contribution in [2.24, 2.45) is 0 Å². The Balaban J connectivity index is 1.69. The number of halogens is 6. The van der Waals surface area contributed by atoms with Crippen molar-refractivity contribution < 1.29 is 31.9 Å². The predicted molar refractivity (Wildman–Crippen MR) is 123 cm³/mol. The molecule has 1 N–H and O–H groups in total. The fourth-order valence-electron chi connectivity index (χ4n) is 2.82. The van der Waals surface area contributed by atoms with Crippen molar-refractivity contribution in [3.8, 4) is 11.5 Å². The number of rotatable bonds is 8. The molecule has 0 saturated heterocycles. The van der Waals surface area contributed by atoms with Gasteiger partial charge >= 0.3 is 6.18 Å². The van der Waals surface area contributed by atoms with Crippen molar-refractivity contribution >= 4 is 46.8 Å². The Morgan fingerprint density at radius 3 is 2.26 bits per heavy atom. The zero-order chi connectivity index (χ0) is 24.9. The third kappa shape index (κ3) is 7.65. The smallest absolute Gasteiger partial charge is 0.399 e. The second-order valence-corrected chi connectivity index (χ2v) is 8.61. The normalized spacial score (nSPS) is 11.2. The van der Waals surface area contributed by atoms with Gasteiger partial charge in [0.05, 0.1) is 11.4 Å². The van der Waals surface area contributed by atoms with Gasteiger partial charge in [0, 0.05) is 16.1 Å². The highest BCUT2D eigenvalue weighted by molar-refractivity contribution is 7.97. The van der Waals surface area contributed by atoms with Crippen molar-refractivity contribution in [2.45, 2.75) is 12.6 Å². The first-order chi connectivity index (χ1) is 16.0. The highest BCUT2D eigenvalue weighted by Crippen LogP contribution is 2.33. The Morgan fingerprint density at radius 1 is 0.941 bits per heavy atom. The molecule has 0 bridgehead atoms. The van der Waals surface area contributed by atoms with E-state index >= 15 is 0 Å². The Bertz CT molecular complexity index is 1200. The molecular weight excluding hydrogens is 517 g/mol. The van der Waals surface area contributed by atoms with Crippen LogP contribution in [0.4, 0.5) is 17.6 Å². The minimum Gasteiger partial charge on any atom is -0.456 e. The van der Waals surface area contributed by atoms with Crippen LogP contribution in [0.5, 0.6) is 11.5 Å². The molecule has 0 heterocycles. The average Bonchev–Trinajstić information content (AvgIpc) is 2.74. The maximum Gasteiger partial charge on any atom is 0.399 e. The summed E-state index contributed by atoms with van der Waals surface area (Å²) in [6.07, 6.45) is -4.62. The Hall–Kier alpha value is -2.75.